The van der Waals surface area contributed by atoms with Gasteiger partial charge >= 0.3 is 0 Å². The minimum Gasteiger partial charge on any atom is -0.497 e. The second kappa shape index (κ2) is 9.36. The maximum atomic E-state index is 13.4. The van der Waals surface area contributed by atoms with Crippen LogP contribution in [0.4, 0.5) is 0 Å². The van der Waals surface area contributed by atoms with Gasteiger partial charge in [0.1, 0.15) is 16.4 Å². The van der Waals surface area contributed by atoms with Gasteiger partial charge in [0, 0.05) is 49.4 Å². The van der Waals surface area contributed by atoms with E-state index in [0.717, 1.165) is 16.5 Å². The van der Waals surface area contributed by atoms with Crippen molar-refractivity contribution in [1.29, 1.82) is 0 Å². The minimum atomic E-state index is -3.73. The molecule has 2 aromatic carbocycles. The Bertz CT molecular complexity index is 1280. The highest BCUT2D eigenvalue weighted by atomic mass is 32.2. The predicted octanol–water partition coefficient (Wildman–Crippen LogP) is 2.64. The van der Waals surface area contributed by atoms with Gasteiger partial charge in [-0.1, -0.05) is 18.2 Å². The Morgan fingerprint density at radius 3 is 2.48 bits per heavy atom. The van der Waals surface area contributed by atoms with Crippen LogP contribution in [0.3, 0.4) is 0 Å². The van der Waals surface area contributed by atoms with E-state index >= 15 is 0 Å². The number of ether oxygens (including phenoxy) is 2. The predicted molar refractivity (Wildman–Crippen MR) is 125 cm³/mol. The molecule has 3 aromatic rings. The normalized spacial score (nSPS) is 14.9. The number of benzene rings is 2. The van der Waals surface area contributed by atoms with E-state index in [1.54, 1.807) is 49.6 Å². The molecular formula is C24H27N3O5S. The maximum Gasteiger partial charge on any atom is 0.245 e. The fourth-order valence-corrected chi connectivity index (χ4v) is 5.63. The molecule has 0 bridgehead atoms. The molecule has 1 aliphatic rings. The van der Waals surface area contributed by atoms with E-state index in [1.807, 2.05) is 25.1 Å². The largest absolute Gasteiger partial charge is 0.497 e. The molecule has 0 spiro atoms. The van der Waals surface area contributed by atoms with Crippen molar-refractivity contribution in [3.63, 3.8) is 0 Å². The average molecular weight is 470 g/mol. The van der Waals surface area contributed by atoms with Crippen molar-refractivity contribution in [1.82, 2.24) is 14.2 Å². The molecule has 33 heavy (non-hydrogen) atoms. The van der Waals surface area contributed by atoms with Gasteiger partial charge < -0.3 is 14.4 Å². The molecule has 0 saturated carbocycles. The van der Waals surface area contributed by atoms with Crippen LogP contribution in [0.1, 0.15) is 11.1 Å². The second-order valence-electron chi connectivity index (χ2n) is 7.98. The Morgan fingerprint density at radius 2 is 1.79 bits per heavy atom. The van der Waals surface area contributed by atoms with Crippen molar-refractivity contribution < 1.29 is 22.7 Å². The summed E-state index contributed by atoms with van der Waals surface area (Å²) in [5.41, 5.74) is 2.20. The molecule has 1 aliphatic heterocycles. The molecule has 9 heteroatoms. The minimum absolute atomic E-state index is 0.0715. The number of carbonyl (C=O) groups is 1. The summed E-state index contributed by atoms with van der Waals surface area (Å²) >= 11 is 0. The summed E-state index contributed by atoms with van der Waals surface area (Å²) in [6.45, 7) is 3.04. The van der Waals surface area contributed by atoms with Crippen LogP contribution in [0.25, 0.3) is 10.9 Å². The number of para-hydroxylation sites is 1. The lowest BCUT2D eigenvalue weighted by Gasteiger charge is -2.34. The third kappa shape index (κ3) is 4.65. The first-order valence-corrected chi connectivity index (χ1v) is 12.1. The number of fused-ring (bicyclic) bond motifs is 1. The zero-order valence-corrected chi connectivity index (χ0v) is 19.8. The van der Waals surface area contributed by atoms with Gasteiger partial charge in [-0.3, -0.25) is 9.78 Å². The Hall–Kier alpha value is -3.17. The number of aryl methyl sites for hydroxylation is 1. The van der Waals surface area contributed by atoms with Crippen molar-refractivity contribution in [3.8, 4) is 11.5 Å². The van der Waals surface area contributed by atoms with E-state index in [1.165, 1.54) is 4.31 Å². The number of aromatic nitrogens is 1. The average Bonchev–Trinajstić information content (AvgIpc) is 2.83. The van der Waals surface area contributed by atoms with Crippen molar-refractivity contribution in [2.75, 3.05) is 40.4 Å². The molecule has 2 heterocycles. The van der Waals surface area contributed by atoms with Gasteiger partial charge in [0.2, 0.25) is 15.9 Å². The Balaban J connectivity index is 1.46. The SMILES string of the molecule is COc1ccc(CC(=O)N2CCN(S(=O)(=O)c3cccc4cc(C)cnc34)CC2)c(OC)c1. The molecule has 0 radical (unpaired) electrons. The van der Waals surface area contributed by atoms with E-state index in [4.69, 9.17) is 9.47 Å². The quantitative estimate of drug-likeness (QED) is 0.552. The van der Waals surface area contributed by atoms with Crippen LogP contribution in [0, 0.1) is 6.92 Å². The monoisotopic (exact) mass is 469 g/mol. The van der Waals surface area contributed by atoms with E-state index in [-0.39, 0.29) is 30.3 Å². The number of amides is 1. The number of hydrogen-bond acceptors (Lipinski definition) is 6. The second-order valence-corrected chi connectivity index (χ2v) is 9.89. The Kier molecular flexibility index (Phi) is 6.53. The first-order chi connectivity index (χ1) is 15.8. The van der Waals surface area contributed by atoms with Gasteiger partial charge in [-0.2, -0.15) is 4.31 Å². The molecule has 1 fully saturated rings. The van der Waals surface area contributed by atoms with Crippen LogP contribution in [-0.2, 0) is 21.2 Å². The summed E-state index contributed by atoms with van der Waals surface area (Å²) in [4.78, 5) is 19.1. The fraction of sp³-hybridized carbons (Fsp3) is 0.333. The van der Waals surface area contributed by atoms with Crippen LogP contribution in [0.5, 0.6) is 11.5 Å². The molecule has 0 unspecified atom stereocenters. The molecule has 4 rings (SSSR count). The zero-order chi connectivity index (χ0) is 23.6. The standard InChI is InChI=1S/C24H27N3O5S/c1-17-13-19-5-4-6-22(24(19)25-16-17)33(29,30)27-11-9-26(10-12-27)23(28)14-18-7-8-20(31-2)15-21(18)32-3/h4-8,13,15-16H,9-12,14H2,1-3H3. The van der Waals surface area contributed by atoms with Crippen LogP contribution in [-0.4, -0.2) is 68.9 Å². The third-order valence-corrected chi connectivity index (χ3v) is 7.79. The molecule has 0 aliphatic carbocycles. The van der Waals surface area contributed by atoms with Gasteiger partial charge in [0.05, 0.1) is 26.2 Å². The highest BCUT2D eigenvalue weighted by Crippen LogP contribution is 2.27. The zero-order valence-electron chi connectivity index (χ0n) is 18.9. The number of hydrogen-bond donors (Lipinski definition) is 0. The van der Waals surface area contributed by atoms with E-state index in [0.29, 0.717) is 30.1 Å². The summed E-state index contributed by atoms with van der Waals surface area (Å²) in [5, 5.41) is 0.790. The van der Waals surface area contributed by atoms with Gasteiger partial charge in [-0.25, -0.2) is 8.42 Å². The Morgan fingerprint density at radius 1 is 1.03 bits per heavy atom. The molecule has 1 saturated heterocycles. The number of nitrogens with zero attached hydrogens (tertiary/aromatic N) is 3. The van der Waals surface area contributed by atoms with Crippen molar-refractivity contribution in [2.24, 2.45) is 0 Å². The molecule has 0 atom stereocenters. The van der Waals surface area contributed by atoms with Gasteiger partial charge in [0.15, 0.2) is 0 Å². The molecule has 1 amide bonds. The van der Waals surface area contributed by atoms with Gasteiger partial charge in [-0.05, 0) is 30.7 Å². The molecule has 1 aromatic heterocycles. The highest BCUT2D eigenvalue weighted by molar-refractivity contribution is 7.89. The molecule has 0 N–H and O–H groups in total. The van der Waals surface area contributed by atoms with Crippen molar-refractivity contribution >= 4 is 26.8 Å². The molecule has 8 nitrogen and oxygen atoms in total. The third-order valence-electron chi connectivity index (χ3n) is 5.86. The molecule has 174 valence electrons. The number of sulfonamides is 1. The van der Waals surface area contributed by atoms with E-state index in [2.05, 4.69) is 4.98 Å². The number of pyridine rings is 1. The van der Waals surface area contributed by atoms with E-state index in [9.17, 15) is 13.2 Å². The van der Waals surface area contributed by atoms with Crippen LogP contribution < -0.4 is 9.47 Å². The summed E-state index contributed by atoms with van der Waals surface area (Å²) in [6.07, 6.45) is 1.85. The summed E-state index contributed by atoms with van der Waals surface area (Å²) in [5.74, 6) is 1.17. The van der Waals surface area contributed by atoms with Crippen molar-refractivity contribution in [3.05, 3.63) is 59.8 Å². The fourth-order valence-electron chi connectivity index (χ4n) is 4.04. The van der Waals surface area contributed by atoms with Crippen LogP contribution in [0.2, 0.25) is 0 Å². The maximum absolute atomic E-state index is 13.4. The summed E-state index contributed by atoms with van der Waals surface area (Å²) < 4.78 is 38.7. The lowest BCUT2D eigenvalue weighted by molar-refractivity contribution is -0.131. The van der Waals surface area contributed by atoms with Gasteiger partial charge in [0.25, 0.3) is 0 Å². The lowest BCUT2D eigenvalue weighted by atomic mass is 10.1. The van der Waals surface area contributed by atoms with Crippen molar-refractivity contribution in [2.45, 2.75) is 18.2 Å². The Labute approximate surface area is 193 Å². The summed E-state index contributed by atoms with van der Waals surface area (Å²) in [6, 6.07) is 12.4. The topological polar surface area (TPSA) is 89.0 Å². The number of rotatable bonds is 6. The van der Waals surface area contributed by atoms with Gasteiger partial charge in [-0.15, -0.1) is 0 Å². The lowest BCUT2D eigenvalue weighted by Crippen LogP contribution is -2.50. The first-order valence-electron chi connectivity index (χ1n) is 10.7. The van der Waals surface area contributed by atoms with Crippen LogP contribution in [0.15, 0.2) is 53.6 Å². The number of piperazine rings is 1. The number of methoxy groups -OCH3 is 2. The summed E-state index contributed by atoms with van der Waals surface area (Å²) in [7, 11) is -0.606. The highest BCUT2D eigenvalue weighted by Gasteiger charge is 2.31. The van der Waals surface area contributed by atoms with Crippen LogP contribution >= 0.6 is 0 Å². The first kappa shape index (κ1) is 23.0. The number of carbonyl (C=O) groups excluding carboxylic acids is 1. The smallest absolute Gasteiger partial charge is 0.245 e. The van der Waals surface area contributed by atoms with E-state index < -0.39 is 10.0 Å². The molecular weight excluding hydrogens is 442 g/mol.